The third-order valence-corrected chi connectivity index (χ3v) is 2.16. The van der Waals surface area contributed by atoms with Crippen LogP contribution in [-0.2, 0) is 4.74 Å². The number of hydrogen-bond acceptors (Lipinski definition) is 2. The average Bonchev–Trinajstić information content (AvgIpc) is 2.12. The Labute approximate surface area is 75.9 Å². The van der Waals surface area contributed by atoms with Gasteiger partial charge in [0.25, 0.3) is 0 Å². The molecule has 1 saturated heterocycles. The topological polar surface area (TPSA) is 12.5 Å². The third kappa shape index (κ3) is 3.55. The Hall–Kier alpha value is -0.0800. The van der Waals surface area contributed by atoms with E-state index in [4.69, 9.17) is 4.74 Å². The molecule has 0 aromatic carbocycles. The summed E-state index contributed by atoms with van der Waals surface area (Å²) in [6, 6.07) is 0. The van der Waals surface area contributed by atoms with E-state index >= 15 is 0 Å². The van der Waals surface area contributed by atoms with Gasteiger partial charge in [0.1, 0.15) is 0 Å². The quantitative estimate of drug-likeness (QED) is 0.627. The van der Waals surface area contributed by atoms with Gasteiger partial charge in [-0.3, -0.25) is 0 Å². The SMILES string of the molecule is CC(C)CN1CCCO[C@@H](C)C1. The fraction of sp³-hybridized carbons (Fsp3) is 1.00. The van der Waals surface area contributed by atoms with Crippen molar-refractivity contribution >= 4 is 0 Å². The Morgan fingerprint density at radius 2 is 2.25 bits per heavy atom. The molecule has 72 valence electrons. The first-order chi connectivity index (χ1) is 5.68. The molecule has 0 spiro atoms. The summed E-state index contributed by atoms with van der Waals surface area (Å²) in [7, 11) is 0. The van der Waals surface area contributed by atoms with Crippen LogP contribution in [-0.4, -0.2) is 37.2 Å². The fourth-order valence-corrected chi connectivity index (χ4v) is 1.76. The first-order valence-electron chi connectivity index (χ1n) is 5.02. The highest BCUT2D eigenvalue weighted by Crippen LogP contribution is 2.07. The summed E-state index contributed by atoms with van der Waals surface area (Å²) in [6.07, 6.45) is 1.61. The van der Waals surface area contributed by atoms with E-state index in [9.17, 15) is 0 Å². The molecule has 1 fully saturated rings. The lowest BCUT2D eigenvalue weighted by Crippen LogP contribution is -2.33. The Morgan fingerprint density at radius 3 is 2.92 bits per heavy atom. The van der Waals surface area contributed by atoms with E-state index < -0.39 is 0 Å². The Balaban J connectivity index is 2.31. The van der Waals surface area contributed by atoms with Crippen molar-refractivity contribution < 1.29 is 4.74 Å². The zero-order valence-corrected chi connectivity index (χ0v) is 8.55. The normalized spacial score (nSPS) is 27.5. The van der Waals surface area contributed by atoms with Crippen LogP contribution in [0, 0.1) is 5.92 Å². The standard InChI is InChI=1S/C10H21NO/c1-9(2)7-11-5-4-6-12-10(3)8-11/h9-10H,4-8H2,1-3H3/t10-/m0/s1. The van der Waals surface area contributed by atoms with Crippen LogP contribution in [0.15, 0.2) is 0 Å². The first-order valence-corrected chi connectivity index (χ1v) is 5.02. The zero-order valence-electron chi connectivity index (χ0n) is 8.55. The predicted octanol–water partition coefficient (Wildman–Crippen LogP) is 1.75. The molecule has 0 aromatic rings. The van der Waals surface area contributed by atoms with Crippen molar-refractivity contribution in [3.8, 4) is 0 Å². The van der Waals surface area contributed by atoms with Crippen LogP contribution in [0.2, 0.25) is 0 Å². The van der Waals surface area contributed by atoms with Crippen LogP contribution < -0.4 is 0 Å². The van der Waals surface area contributed by atoms with Crippen molar-refractivity contribution in [1.82, 2.24) is 4.90 Å². The molecule has 0 amide bonds. The van der Waals surface area contributed by atoms with Crippen LogP contribution in [0.25, 0.3) is 0 Å². The van der Waals surface area contributed by atoms with Crippen molar-refractivity contribution in [1.29, 1.82) is 0 Å². The molecule has 1 atom stereocenters. The van der Waals surface area contributed by atoms with E-state index in [1.807, 2.05) is 0 Å². The highest BCUT2D eigenvalue weighted by atomic mass is 16.5. The molecule has 0 N–H and O–H groups in total. The zero-order chi connectivity index (χ0) is 8.97. The Kier molecular flexibility index (Phi) is 4.02. The number of ether oxygens (including phenoxy) is 1. The molecule has 1 rings (SSSR count). The number of hydrogen-bond donors (Lipinski definition) is 0. The molecule has 0 saturated carbocycles. The van der Waals surface area contributed by atoms with E-state index in [2.05, 4.69) is 25.7 Å². The summed E-state index contributed by atoms with van der Waals surface area (Å²) in [6.45, 7) is 11.2. The van der Waals surface area contributed by atoms with Crippen LogP contribution >= 0.6 is 0 Å². The molecule has 0 bridgehead atoms. The maximum absolute atomic E-state index is 5.57. The molecule has 0 aliphatic carbocycles. The van der Waals surface area contributed by atoms with Crippen molar-refractivity contribution in [3.05, 3.63) is 0 Å². The molecule has 0 aromatic heterocycles. The van der Waals surface area contributed by atoms with Crippen LogP contribution in [0.1, 0.15) is 27.2 Å². The molecule has 2 heteroatoms. The van der Waals surface area contributed by atoms with Crippen molar-refractivity contribution in [2.75, 3.05) is 26.2 Å². The highest BCUT2D eigenvalue weighted by Gasteiger charge is 2.14. The van der Waals surface area contributed by atoms with Gasteiger partial charge in [-0.15, -0.1) is 0 Å². The monoisotopic (exact) mass is 171 g/mol. The lowest BCUT2D eigenvalue weighted by Gasteiger charge is -2.23. The van der Waals surface area contributed by atoms with Gasteiger partial charge in [-0.25, -0.2) is 0 Å². The van der Waals surface area contributed by atoms with E-state index in [-0.39, 0.29) is 0 Å². The molecule has 12 heavy (non-hydrogen) atoms. The minimum atomic E-state index is 0.422. The third-order valence-electron chi connectivity index (χ3n) is 2.16. The second kappa shape index (κ2) is 4.83. The van der Waals surface area contributed by atoms with Gasteiger partial charge in [0.2, 0.25) is 0 Å². The van der Waals surface area contributed by atoms with E-state index in [1.54, 1.807) is 0 Å². The average molecular weight is 171 g/mol. The Bertz CT molecular complexity index is 125. The van der Waals surface area contributed by atoms with Gasteiger partial charge >= 0.3 is 0 Å². The predicted molar refractivity (Wildman–Crippen MR) is 51.3 cm³/mol. The van der Waals surface area contributed by atoms with Crippen molar-refractivity contribution in [2.45, 2.75) is 33.3 Å². The highest BCUT2D eigenvalue weighted by molar-refractivity contribution is 4.67. The maximum Gasteiger partial charge on any atom is 0.0673 e. The van der Waals surface area contributed by atoms with Crippen molar-refractivity contribution in [3.63, 3.8) is 0 Å². The number of rotatable bonds is 2. The van der Waals surface area contributed by atoms with Gasteiger partial charge < -0.3 is 9.64 Å². The second-order valence-electron chi connectivity index (χ2n) is 4.19. The van der Waals surface area contributed by atoms with Gasteiger partial charge in [-0.1, -0.05) is 13.8 Å². The van der Waals surface area contributed by atoms with Crippen LogP contribution in [0.5, 0.6) is 0 Å². The summed E-state index contributed by atoms with van der Waals surface area (Å²) < 4.78 is 5.57. The van der Waals surface area contributed by atoms with Gasteiger partial charge in [0.05, 0.1) is 6.10 Å². The first kappa shape index (κ1) is 10.0. The fourth-order valence-electron chi connectivity index (χ4n) is 1.76. The molecule has 0 unspecified atom stereocenters. The summed E-state index contributed by atoms with van der Waals surface area (Å²) in [5, 5.41) is 0. The van der Waals surface area contributed by atoms with E-state index in [0.29, 0.717) is 6.10 Å². The van der Waals surface area contributed by atoms with Crippen LogP contribution in [0.3, 0.4) is 0 Å². The molecule has 2 nitrogen and oxygen atoms in total. The molecule has 0 radical (unpaired) electrons. The molecule has 1 aliphatic rings. The summed E-state index contributed by atoms with van der Waals surface area (Å²) in [5.41, 5.74) is 0. The largest absolute Gasteiger partial charge is 0.377 e. The molecular weight excluding hydrogens is 150 g/mol. The minimum Gasteiger partial charge on any atom is -0.377 e. The lowest BCUT2D eigenvalue weighted by molar-refractivity contribution is 0.0662. The van der Waals surface area contributed by atoms with Gasteiger partial charge in [0.15, 0.2) is 0 Å². The second-order valence-corrected chi connectivity index (χ2v) is 4.19. The number of nitrogens with zero attached hydrogens (tertiary/aromatic N) is 1. The summed E-state index contributed by atoms with van der Waals surface area (Å²) >= 11 is 0. The van der Waals surface area contributed by atoms with Crippen LogP contribution in [0.4, 0.5) is 0 Å². The van der Waals surface area contributed by atoms with Gasteiger partial charge in [-0.2, -0.15) is 0 Å². The molecular formula is C10H21NO. The smallest absolute Gasteiger partial charge is 0.0673 e. The molecule has 1 aliphatic heterocycles. The minimum absolute atomic E-state index is 0.422. The van der Waals surface area contributed by atoms with Gasteiger partial charge in [-0.05, 0) is 19.3 Å². The Morgan fingerprint density at radius 1 is 1.50 bits per heavy atom. The molecule has 1 heterocycles. The van der Waals surface area contributed by atoms with E-state index in [0.717, 1.165) is 19.1 Å². The maximum atomic E-state index is 5.57. The summed E-state index contributed by atoms with van der Waals surface area (Å²) in [4.78, 5) is 2.52. The van der Waals surface area contributed by atoms with E-state index in [1.165, 1.54) is 19.5 Å². The lowest BCUT2D eigenvalue weighted by atomic mass is 10.2. The van der Waals surface area contributed by atoms with Gasteiger partial charge in [0, 0.05) is 26.2 Å². The summed E-state index contributed by atoms with van der Waals surface area (Å²) in [5.74, 6) is 0.773. The van der Waals surface area contributed by atoms with Crippen molar-refractivity contribution in [2.24, 2.45) is 5.92 Å².